The van der Waals surface area contributed by atoms with Gasteiger partial charge in [-0.1, -0.05) is 0 Å². The molecule has 0 saturated heterocycles. The first kappa shape index (κ1) is 17.9. The summed E-state index contributed by atoms with van der Waals surface area (Å²) < 4.78 is 0. The topological polar surface area (TPSA) is 118 Å². The molecule has 8 bridgehead atoms. The Bertz CT molecular complexity index is 1130. The van der Waals surface area contributed by atoms with Crippen LogP contribution in [0.15, 0.2) is 48.5 Å². The van der Waals surface area contributed by atoms with Crippen molar-refractivity contribution < 1.29 is 15.1 Å². The van der Waals surface area contributed by atoms with Gasteiger partial charge in [-0.15, -0.1) is 0 Å². The molecule has 3 aromatic rings. The van der Waals surface area contributed by atoms with E-state index in [2.05, 4.69) is 50.3 Å². The highest BCUT2D eigenvalue weighted by Gasteiger charge is 2.02. The normalized spacial score (nSPS) is 11.8. The largest absolute Gasteiger partial charge is 0.631 e. The summed E-state index contributed by atoms with van der Waals surface area (Å²) in [6.07, 6.45) is 8.05. The van der Waals surface area contributed by atoms with Gasteiger partial charge in [0.15, 0.2) is 0 Å². The second kappa shape index (κ2) is 7.65. The molecule has 0 radical (unpaired) electrons. The molecular weight excluding hydrogens is 355 g/mol. The smallest absolute Gasteiger partial charge is 0.402 e. The SMILES string of the molecule is C1=Cc2cc3ccc(cc4ccc(cc5nc(cc1n2)C=C5)[nH]4)[nH]3.OB(O)O. The van der Waals surface area contributed by atoms with Crippen molar-refractivity contribution in [1.82, 2.24) is 19.9 Å². The van der Waals surface area contributed by atoms with Gasteiger partial charge in [0.25, 0.3) is 0 Å². The molecule has 2 aliphatic rings. The number of hydrogen-bond acceptors (Lipinski definition) is 5. The van der Waals surface area contributed by atoms with Crippen LogP contribution in [0.4, 0.5) is 0 Å². The molecule has 5 N–H and O–H groups in total. The van der Waals surface area contributed by atoms with Gasteiger partial charge >= 0.3 is 7.32 Å². The number of hydrogen-bond donors (Lipinski definition) is 5. The van der Waals surface area contributed by atoms with Crippen LogP contribution in [0.25, 0.3) is 46.4 Å². The number of nitrogens with one attached hydrogen (secondary N) is 2. The lowest BCUT2D eigenvalue weighted by Gasteiger charge is -1.86. The minimum absolute atomic E-state index is 0.915. The Balaban J connectivity index is 0.000000442. The fourth-order valence-electron chi connectivity index (χ4n) is 2.94. The van der Waals surface area contributed by atoms with Gasteiger partial charge in [-0.2, -0.15) is 0 Å². The van der Waals surface area contributed by atoms with E-state index in [9.17, 15) is 0 Å². The van der Waals surface area contributed by atoms with Gasteiger partial charge < -0.3 is 25.0 Å². The van der Waals surface area contributed by atoms with E-state index in [-0.39, 0.29) is 0 Å². The molecule has 0 atom stereocenters. The van der Waals surface area contributed by atoms with Crippen LogP contribution < -0.4 is 0 Å². The van der Waals surface area contributed by atoms with Crippen molar-refractivity contribution in [2.24, 2.45) is 0 Å². The third-order valence-corrected chi connectivity index (χ3v) is 4.04. The summed E-state index contributed by atoms with van der Waals surface area (Å²) in [6, 6.07) is 16.4. The molecule has 0 fully saturated rings. The van der Waals surface area contributed by atoms with Gasteiger partial charge in [0, 0.05) is 22.1 Å². The zero-order valence-corrected chi connectivity index (χ0v) is 14.7. The van der Waals surface area contributed by atoms with E-state index < -0.39 is 7.32 Å². The second-order valence-electron chi connectivity index (χ2n) is 6.25. The van der Waals surface area contributed by atoms with E-state index in [1.165, 1.54) is 0 Å². The van der Waals surface area contributed by atoms with Crippen molar-refractivity contribution in [3.05, 3.63) is 71.3 Å². The zero-order valence-electron chi connectivity index (χ0n) is 14.7. The Morgan fingerprint density at radius 3 is 1.25 bits per heavy atom. The predicted molar refractivity (Wildman–Crippen MR) is 111 cm³/mol. The molecule has 0 unspecified atom stereocenters. The van der Waals surface area contributed by atoms with E-state index in [4.69, 9.17) is 15.1 Å². The van der Waals surface area contributed by atoms with E-state index in [1.54, 1.807) is 0 Å². The molecule has 0 aliphatic carbocycles. The third-order valence-electron chi connectivity index (χ3n) is 4.04. The van der Waals surface area contributed by atoms with Crippen LogP contribution in [0.1, 0.15) is 22.8 Å². The molecule has 0 spiro atoms. The van der Waals surface area contributed by atoms with E-state index in [1.807, 2.05) is 42.5 Å². The van der Waals surface area contributed by atoms with Crippen LogP contribution in [0.5, 0.6) is 0 Å². The van der Waals surface area contributed by atoms with E-state index in [0.717, 1.165) is 44.8 Å². The molecule has 0 saturated carbocycles. The lowest BCUT2D eigenvalue weighted by atomic mass is 10.3. The summed E-state index contributed by atoms with van der Waals surface area (Å²) in [7, 11) is -2.17. The van der Waals surface area contributed by atoms with Crippen molar-refractivity contribution in [2.75, 3.05) is 0 Å². The van der Waals surface area contributed by atoms with Gasteiger partial charge in [-0.25, -0.2) is 9.97 Å². The minimum atomic E-state index is -2.17. The number of nitrogens with zero attached hydrogens (tertiary/aromatic N) is 2. The van der Waals surface area contributed by atoms with Crippen LogP contribution in [0.2, 0.25) is 0 Å². The quantitative estimate of drug-likeness (QED) is 0.268. The van der Waals surface area contributed by atoms with Crippen molar-refractivity contribution in [3.8, 4) is 0 Å². The van der Waals surface area contributed by atoms with Gasteiger partial charge in [-0.3, -0.25) is 0 Å². The Kier molecular flexibility index (Phi) is 4.90. The second-order valence-corrected chi connectivity index (χ2v) is 6.25. The van der Waals surface area contributed by atoms with Gasteiger partial charge in [0.2, 0.25) is 0 Å². The molecule has 8 heteroatoms. The molecule has 0 amide bonds. The van der Waals surface area contributed by atoms with E-state index in [0.29, 0.717) is 0 Å². The van der Waals surface area contributed by atoms with Crippen LogP contribution in [0, 0.1) is 0 Å². The van der Waals surface area contributed by atoms with Crippen molar-refractivity contribution in [3.63, 3.8) is 0 Å². The molecule has 5 heterocycles. The molecule has 5 rings (SSSR count). The van der Waals surface area contributed by atoms with Crippen LogP contribution in [-0.2, 0) is 0 Å². The number of aromatic nitrogens is 4. The molecule has 28 heavy (non-hydrogen) atoms. The minimum Gasteiger partial charge on any atom is -0.402 e. The van der Waals surface area contributed by atoms with Crippen LogP contribution in [-0.4, -0.2) is 42.3 Å². The summed E-state index contributed by atoms with van der Waals surface area (Å²) in [6.45, 7) is 0. The summed E-state index contributed by atoms with van der Waals surface area (Å²) in [4.78, 5) is 16.0. The highest BCUT2D eigenvalue weighted by molar-refractivity contribution is 6.30. The number of fused-ring (bicyclic) bond motifs is 8. The van der Waals surface area contributed by atoms with Crippen molar-refractivity contribution >= 4 is 53.7 Å². The fraction of sp³-hybridized carbons (Fsp3) is 0. The average molecular weight is 372 g/mol. The number of H-pyrrole nitrogens is 2. The Morgan fingerprint density at radius 1 is 0.536 bits per heavy atom. The molecule has 138 valence electrons. The molecule has 7 nitrogen and oxygen atoms in total. The maximum absolute atomic E-state index is 7.17. The van der Waals surface area contributed by atoms with Gasteiger partial charge in [-0.05, 0) is 72.8 Å². The Morgan fingerprint density at radius 2 is 0.857 bits per heavy atom. The summed E-state index contributed by atoms with van der Waals surface area (Å²) in [5, 5.41) is 21.5. The highest BCUT2D eigenvalue weighted by Crippen LogP contribution is 2.17. The summed E-state index contributed by atoms with van der Waals surface area (Å²) in [5.74, 6) is 0. The predicted octanol–water partition coefficient (Wildman–Crippen LogP) is 2.60. The third kappa shape index (κ3) is 4.44. The fourth-order valence-corrected chi connectivity index (χ4v) is 2.94. The monoisotopic (exact) mass is 372 g/mol. The molecule has 0 aromatic carbocycles. The first-order chi connectivity index (χ1) is 13.5. The molecule has 2 aliphatic heterocycles. The Hall–Kier alpha value is -3.46. The summed E-state index contributed by atoms with van der Waals surface area (Å²) in [5.41, 5.74) is 7.86. The maximum Gasteiger partial charge on any atom is 0.631 e. The first-order valence-electron chi connectivity index (χ1n) is 8.62. The lowest BCUT2D eigenvalue weighted by Crippen LogP contribution is -2.07. The van der Waals surface area contributed by atoms with E-state index >= 15 is 0 Å². The lowest BCUT2D eigenvalue weighted by molar-refractivity contribution is 0.278. The summed E-state index contributed by atoms with van der Waals surface area (Å²) >= 11 is 0. The standard InChI is InChI=1S/C20H14N4.BH3O3/c1-2-14-10-16-5-6-18(23-16)12-20-8-7-19(24-20)11-17-4-3-15(22-17)9-13(1)21-14;2-1(3)4/h1-12,21-22H;2-4H. The van der Waals surface area contributed by atoms with Crippen molar-refractivity contribution in [2.45, 2.75) is 0 Å². The van der Waals surface area contributed by atoms with Gasteiger partial charge in [0.05, 0.1) is 22.8 Å². The molecule has 3 aromatic heterocycles. The average Bonchev–Trinajstić information content (AvgIpc) is 3.39. The number of aromatic amines is 2. The Labute approximate surface area is 160 Å². The zero-order chi connectivity index (χ0) is 19.5. The van der Waals surface area contributed by atoms with Crippen LogP contribution >= 0.6 is 0 Å². The molecular formula is C20H17BN4O3. The highest BCUT2D eigenvalue weighted by atomic mass is 16.5. The number of rotatable bonds is 0. The first-order valence-corrected chi connectivity index (χ1v) is 8.62. The maximum atomic E-state index is 7.17. The van der Waals surface area contributed by atoms with Crippen LogP contribution in [0.3, 0.4) is 0 Å². The van der Waals surface area contributed by atoms with Gasteiger partial charge in [0.1, 0.15) is 0 Å². The van der Waals surface area contributed by atoms with Crippen molar-refractivity contribution in [1.29, 1.82) is 0 Å².